The van der Waals surface area contributed by atoms with Gasteiger partial charge >= 0.3 is 0 Å². The van der Waals surface area contributed by atoms with E-state index in [0.717, 1.165) is 21.7 Å². The second-order valence-corrected chi connectivity index (χ2v) is 8.90. The maximum atomic E-state index is 12.5. The molecule has 0 radical (unpaired) electrons. The monoisotopic (exact) mass is 416 g/mol. The Kier molecular flexibility index (Phi) is 6.46. The van der Waals surface area contributed by atoms with Crippen LogP contribution in [0.15, 0.2) is 40.6 Å². The molecule has 0 saturated carbocycles. The van der Waals surface area contributed by atoms with E-state index < -0.39 is 0 Å². The molecule has 2 amide bonds. The van der Waals surface area contributed by atoms with Crippen molar-refractivity contribution in [1.29, 1.82) is 0 Å². The summed E-state index contributed by atoms with van der Waals surface area (Å²) in [4.78, 5) is 28.0. The maximum Gasteiger partial charge on any atom is 0.266 e. The standard InChI is InChI=1S/C20H20N2O2S3/c1-13-6-3-8-16(14(13)2)21-18(23)9-4-10-22-19(24)17(27-20(22)25)12-15-7-5-11-26-15/h3,5-8,11-12H,4,9-10H2,1-2H3,(H,21,23)/b17-12+. The Labute approximate surface area is 172 Å². The van der Waals surface area contributed by atoms with E-state index >= 15 is 0 Å². The van der Waals surface area contributed by atoms with Crippen molar-refractivity contribution in [1.82, 2.24) is 4.90 Å². The number of carbonyl (C=O) groups excluding carboxylic acids is 2. The van der Waals surface area contributed by atoms with Crippen molar-refractivity contribution < 1.29 is 9.59 Å². The van der Waals surface area contributed by atoms with E-state index in [2.05, 4.69) is 5.32 Å². The van der Waals surface area contributed by atoms with E-state index in [4.69, 9.17) is 12.2 Å². The topological polar surface area (TPSA) is 49.4 Å². The van der Waals surface area contributed by atoms with Crippen LogP contribution in [0.5, 0.6) is 0 Å². The average molecular weight is 417 g/mol. The first kappa shape index (κ1) is 19.8. The Morgan fingerprint density at radius 3 is 2.81 bits per heavy atom. The minimum atomic E-state index is -0.0756. The molecule has 27 heavy (non-hydrogen) atoms. The van der Waals surface area contributed by atoms with Gasteiger partial charge in [-0.15, -0.1) is 11.3 Å². The highest BCUT2D eigenvalue weighted by Gasteiger charge is 2.31. The van der Waals surface area contributed by atoms with Crippen molar-refractivity contribution in [2.75, 3.05) is 11.9 Å². The van der Waals surface area contributed by atoms with Gasteiger partial charge in [-0.1, -0.05) is 42.2 Å². The fourth-order valence-electron chi connectivity index (χ4n) is 2.69. The fraction of sp³-hybridized carbons (Fsp3) is 0.250. The Balaban J connectivity index is 1.52. The van der Waals surface area contributed by atoms with Crippen LogP contribution in [-0.4, -0.2) is 27.6 Å². The Bertz CT molecular complexity index is 904. The molecule has 140 valence electrons. The molecule has 0 unspecified atom stereocenters. The largest absolute Gasteiger partial charge is 0.326 e. The van der Waals surface area contributed by atoms with Gasteiger partial charge in [0.05, 0.1) is 4.91 Å². The molecule has 7 heteroatoms. The van der Waals surface area contributed by atoms with Gasteiger partial charge in [0, 0.05) is 23.5 Å². The number of thiophene rings is 1. The predicted octanol–water partition coefficient (Wildman–Crippen LogP) is 4.99. The smallest absolute Gasteiger partial charge is 0.266 e. The zero-order valence-corrected chi connectivity index (χ0v) is 17.6. The van der Waals surface area contributed by atoms with Crippen molar-refractivity contribution in [2.45, 2.75) is 26.7 Å². The van der Waals surface area contributed by atoms with Gasteiger partial charge in [-0.05, 0) is 55.0 Å². The molecule has 0 bridgehead atoms. The van der Waals surface area contributed by atoms with Gasteiger partial charge in [0.1, 0.15) is 4.32 Å². The second-order valence-electron chi connectivity index (χ2n) is 6.25. The van der Waals surface area contributed by atoms with Gasteiger partial charge < -0.3 is 5.32 Å². The summed E-state index contributed by atoms with van der Waals surface area (Å²) in [5.41, 5.74) is 3.05. The summed E-state index contributed by atoms with van der Waals surface area (Å²) in [5.74, 6) is -0.128. The highest BCUT2D eigenvalue weighted by atomic mass is 32.2. The van der Waals surface area contributed by atoms with E-state index in [-0.39, 0.29) is 11.8 Å². The summed E-state index contributed by atoms with van der Waals surface area (Å²) < 4.78 is 0.553. The highest BCUT2D eigenvalue weighted by molar-refractivity contribution is 8.26. The van der Waals surface area contributed by atoms with Gasteiger partial charge in [-0.25, -0.2) is 0 Å². The molecule has 2 heterocycles. The Hall–Kier alpha value is -1.96. The Morgan fingerprint density at radius 1 is 1.26 bits per heavy atom. The first-order valence-electron chi connectivity index (χ1n) is 8.60. The summed E-state index contributed by atoms with van der Waals surface area (Å²) in [6, 6.07) is 9.76. The van der Waals surface area contributed by atoms with Crippen LogP contribution in [0.25, 0.3) is 6.08 Å². The molecule has 1 aromatic carbocycles. The number of hydrogen-bond acceptors (Lipinski definition) is 5. The van der Waals surface area contributed by atoms with Gasteiger partial charge in [0.2, 0.25) is 5.91 Å². The molecule has 2 aromatic rings. The van der Waals surface area contributed by atoms with Crippen LogP contribution >= 0.6 is 35.3 Å². The zero-order valence-electron chi connectivity index (χ0n) is 15.2. The van der Waals surface area contributed by atoms with Crippen LogP contribution in [0.2, 0.25) is 0 Å². The minimum Gasteiger partial charge on any atom is -0.326 e. The van der Waals surface area contributed by atoms with Crippen LogP contribution in [0, 0.1) is 13.8 Å². The number of aryl methyl sites for hydroxylation is 1. The van der Waals surface area contributed by atoms with Gasteiger partial charge in [0.25, 0.3) is 5.91 Å². The number of nitrogens with zero attached hydrogens (tertiary/aromatic N) is 1. The van der Waals surface area contributed by atoms with E-state index in [1.165, 1.54) is 11.8 Å². The molecule has 3 rings (SSSR count). The molecule has 1 aliphatic heterocycles. The number of thiocarbonyl (C=S) groups is 1. The van der Waals surface area contributed by atoms with Gasteiger partial charge in [-0.2, -0.15) is 0 Å². The third-order valence-corrected chi connectivity index (χ3v) is 6.55. The van der Waals surface area contributed by atoms with Gasteiger partial charge in [-0.3, -0.25) is 14.5 Å². The normalized spacial score (nSPS) is 15.6. The van der Waals surface area contributed by atoms with Crippen molar-refractivity contribution in [3.8, 4) is 0 Å². The van der Waals surface area contributed by atoms with Crippen molar-refractivity contribution >= 4 is 63.2 Å². The molecular weight excluding hydrogens is 396 g/mol. The summed E-state index contributed by atoms with van der Waals surface area (Å²) in [6.45, 7) is 4.46. The first-order chi connectivity index (χ1) is 13.0. The number of amides is 2. The molecule has 0 aliphatic carbocycles. The van der Waals surface area contributed by atoms with Crippen molar-refractivity contribution in [3.05, 3.63) is 56.6 Å². The lowest BCUT2D eigenvalue weighted by Gasteiger charge is -2.14. The summed E-state index contributed by atoms with van der Waals surface area (Å²) in [5, 5.41) is 4.92. The van der Waals surface area contributed by atoms with E-state index in [0.29, 0.717) is 28.6 Å². The number of rotatable bonds is 6. The molecule has 1 aliphatic rings. The highest BCUT2D eigenvalue weighted by Crippen LogP contribution is 2.33. The average Bonchev–Trinajstić information content (AvgIpc) is 3.23. The lowest BCUT2D eigenvalue weighted by Crippen LogP contribution is -2.29. The van der Waals surface area contributed by atoms with Crippen molar-refractivity contribution in [2.24, 2.45) is 0 Å². The van der Waals surface area contributed by atoms with Crippen molar-refractivity contribution in [3.63, 3.8) is 0 Å². The van der Waals surface area contributed by atoms with E-state index in [1.54, 1.807) is 16.2 Å². The molecule has 1 saturated heterocycles. The molecular formula is C20H20N2O2S3. The molecule has 1 N–H and O–H groups in total. The first-order valence-corrected chi connectivity index (χ1v) is 10.7. The van der Waals surface area contributed by atoms with Crippen LogP contribution in [0.1, 0.15) is 28.8 Å². The number of anilines is 1. The SMILES string of the molecule is Cc1cccc(NC(=O)CCCN2C(=O)/C(=C\c3cccs3)SC2=S)c1C. The Morgan fingerprint density at radius 2 is 2.07 bits per heavy atom. The van der Waals surface area contributed by atoms with Crippen LogP contribution in [-0.2, 0) is 9.59 Å². The molecule has 1 fully saturated rings. The fourth-order valence-corrected chi connectivity index (χ4v) is 4.72. The second kappa shape index (κ2) is 8.82. The summed E-state index contributed by atoms with van der Waals surface area (Å²) >= 11 is 8.24. The lowest BCUT2D eigenvalue weighted by atomic mass is 10.1. The van der Waals surface area contributed by atoms with E-state index in [9.17, 15) is 9.59 Å². The number of thioether (sulfide) groups is 1. The number of carbonyl (C=O) groups is 2. The predicted molar refractivity (Wildman–Crippen MR) is 118 cm³/mol. The van der Waals surface area contributed by atoms with Crippen LogP contribution in [0.3, 0.4) is 0 Å². The quantitative estimate of drug-likeness (QED) is 0.533. The van der Waals surface area contributed by atoms with E-state index in [1.807, 2.05) is 55.6 Å². The minimum absolute atomic E-state index is 0.0525. The maximum absolute atomic E-state index is 12.5. The molecule has 0 atom stereocenters. The van der Waals surface area contributed by atoms with Crippen LogP contribution in [0.4, 0.5) is 5.69 Å². The summed E-state index contributed by atoms with van der Waals surface area (Å²) in [7, 11) is 0. The third kappa shape index (κ3) is 4.86. The third-order valence-electron chi connectivity index (χ3n) is 4.35. The molecule has 4 nitrogen and oxygen atoms in total. The number of benzene rings is 1. The lowest BCUT2D eigenvalue weighted by molar-refractivity contribution is -0.122. The zero-order chi connectivity index (χ0) is 19.4. The van der Waals surface area contributed by atoms with Crippen LogP contribution < -0.4 is 5.32 Å². The number of hydrogen-bond donors (Lipinski definition) is 1. The molecule has 0 spiro atoms. The summed E-state index contributed by atoms with van der Waals surface area (Å²) in [6.07, 6.45) is 2.78. The molecule has 1 aromatic heterocycles. The number of nitrogens with one attached hydrogen (secondary N) is 1. The van der Waals surface area contributed by atoms with Gasteiger partial charge in [0.15, 0.2) is 0 Å².